The smallest absolute Gasteiger partial charge is 0.00457 e. The summed E-state index contributed by atoms with van der Waals surface area (Å²) in [5.41, 5.74) is 8.79. The minimum Gasteiger partial charge on any atom is -0.330 e. The Morgan fingerprint density at radius 2 is 2.23 bits per heavy atom. The number of hydrogen-bond donors (Lipinski definition) is 1. The highest BCUT2D eigenvalue weighted by atomic mass is 14.6. The molecule has 0 aliphatic heterocycles. The van der Waals surface area contributed by atoms with E-state index in [2.05, 4.69) is 31.2 Å². The van der Waals surface area contributed by atoms with Crippen LogP contribution in [0, 0.1) is 5.92 Å². The summed E-state index contributed by atoms with van der Waals surface area (Å²) in [6.45, 7) is 3.06. The molecule has 2 atom stereocenters. The van der Waals surface area contributed by atoms with Crippen molar-refractivity contribution in [2.75, 3.05) is 6.54 Å². The first kappa shape index (κ1) is 8.76. The summed E-state index contributed by atoms with van der Waals surface area (Å²) >= 11 is 0. The lowest BCUT2D eigenvalue weighted by Gasteiger charge is -2.18. The zero-order valence-corrected chi connectivity index (χ0v) is 8.16. The van der Waals surface area contributed by atoms with Crippen LogP contribution >= 0.6 is 0 Å². The Hall–Kier alpha value is -0.820. The quantitative estimate of drug-likeness (QED) is 0.733. The summed E-state index contributed by atoms with van der Waals surface area (Å²) in [7, 11) is 0. The molecule has 1 unspecified atom stereocenters. The van der Waals surface area contributed by atoms with Crippen LogP contribution in [0.15, 0.2) is 24.3 Å². The number of hydrogen-bond acceptors (Lipinski definition) is 1. The average Bonchev–Trinajstić information content (AvgIpc) is 2.60. The molecule has 0 aromatic heterocycles. The molecular weight excluding hydrogens is 158 g/mol. The monoisotopic (exact) mass is 175 g/mol. The summed E-state index contributed by atoms with van der Waals surface area (Å²) in [4.78, 5) is 0. The van der Waals surface area contributed by atoms with Gasteiger partial charge in [0.25, 0.3) is 0 Å². The van der Waals surface area contributed by atoms with Crippen LogP contribution in [0.3, 0.4) is 0 Å². The second-order valence-corrected chi connectivity index (χ2v) is 4.06. The van der Waals surface area contributed by atoms with E-state index in [0.717, 1.165) is 6.54 Å². The summed E-state index contributed by atoms with van der Waals surface area (Å²) in [6, 6.07) is 8.78. The van der Waals surface area contributed by atoms with Crippen LogP contribution < -0.4 is 5.73 Å². The van der Waals surface area contributed by atoms with Gasteiger partial charge >= 0.3 is 0 Å². The molecule has 0 amide bonds. The first-order valence-corrected chi connectivity index (χ1v) is 5.11. The largest absolute Gasteiger partial charge is 0.330 e. The summed E-state index contributed by atoms with van der Waals surface area (Å²) in [5, 5.41) is 0. The molecule has 0 fully saturated rings. The van der Waals surface area contributed by atoms with E-state index in [1.807, 2.05) is 0 Å². The normalized spacial score (nSPS) is 22.8. The van der Waals surface area contributed by atoms with Crippen LogP contribution in [0.25, 0.3) is 0 Å². The third kappa shape index (κ3) is 1.49. The van der Waals surface area contributed by atoms with Crippen LogP contribution in [0.5, 0.6) is 0 Å². The van der Waals surface area contributed by atoms with E-state index in [9.17, 15) is 0 Å². The van der Waals surface area contributed by atoms with Gasteiger partial charge in [-0.1, -0.05) is 31.2 Å². The van der Waals surface area contributed by atoms with E-state index in [1.54, 1.807) is 5.56 Å². The number of nitrogens with two attached hydrogens (primary N) is 1. The first-order chi connectivity index (χ1) is 6.33. The SMILES string of the molecule is C[C@H](CN)C1CCc2ccccc21. The molecule has 0 radical (unpaired) electrons. The van der Waals surface area contributed by atoms with Gasteiger partial charge in [0.05, 0.1) is 0 Å². The Morgan fingerprint density at radius 3 is 3.00 bits per heavy atom. The van der Waals surface area contributed by atoms with Crippen LogP contribution in [0.1, 0.15) is 30.4 Å². The second-order valence-electron chi connectivity index (χ2n) is 4.06. The number of aryl methyl sites for hydroxylation is 1. The maximum Gasteiger partial charge on any atom is -0.00457 e. The molecule has 2 rings (SSSR count). The lowest BCUT2D eigenvalue weighted by Crippen LogP contribution is -2.17. The van der Waals surface area contributed by atoms with Crippen molar-refractivity contribution < 1.29 is 0 Å². The molecule has 1 aromatic rings. The van der Waals surface area contributed by atoms with Crippen molar-refractivity contribution in [3.63, 3.8) is 0 Å². The number of benzene rings is 1. The Morgan fingerprint density at radius 1 is 1.46 bits per heavy atom. The topological polar surface area (TPSA) is 26.0 Å². The van der Waals surface area contributed by atoms with Gasteiger partial charge in [0.2, 0.25) is 0 Å². The van der Waals surface area contributed by atoms with E-state index in [-0.39, 0.29) is 0 Å². The predicted octanol–water partition coefficient (Wildman–Crippen LogP) is 2.31. The minimum atomic E-state index is 0.628. The predicted molar refractivity (Wildman–Crippen MR) is 55.7 cm³/mol. The molecule has 0 saturated heterocycles. The Balaban J connectivity index is 2.28. The average molecular weight is 175 g/mol. The lowest BCUT2D eigenvalue weighted by atomic mass is 9.89. The van der Waals surface area contributed by atoms with Crippen molar-refractivity contribution in [2.45, 2.75) is 25.7 Å². The molecule has 0 heterocycles. The van der Waals surface area contributed by atoms with E-state index >= 15 is 0 Å². The fourth-order valence-electron chi connectivity index (χ4n) is 2.35. The van der Waals surface area contributed by atoms with Crippen molar-refractivity contribution in [1.82, 2.24) is 0 Å². The van der Waals surface area contributed by atoms with E-state index in [0.29, 0.717) is 11.8 Å². The lowest BCUT2D eigenvalue weighted by molar-refractivity contribution is 0.466. The molecule has 1 aliphatic rings. The maximum atomic E-state index is 5.71. The maximum absolute atomic E-state index is 5.71. The van der Waals surface area contributed by atoms with Gasteiger partial charge in [-0.15, -0.1) is 0 Å². The van der Waals surface area contributed by atoms with Crippen LogP contribution in [0.4, 0.5) is 0 Å². The molecule has 1 heteroatoms. The summed E-state index contributed by atoms with van der Waals surface area (Å²) in [6.07, 6.45) is 2.53. The minimum absolute atomic E-state index is 0.628. The van der Waals surface area contributed by atoms with Gasteiger partial charge in [-0.3, -0.25) is 0 Å². The van der Waals surface area contributed by atoms with Crippen molar-refractivity contribution in [1.29, 1.82) is 0 Å². The molecular formula is C12H17N. The van der Waals surface area contributed by atoms with Crippen LogP contribution in [-0.4, -0.2) is 6.54 Å². The zero-order chi connectivity index (χ0) is 9.26. The molecule has 0 spiro atoms. The van der Waals surface area contributed by atoms with E-state index < -0.39 is 0 Å². The van der Waals surface area contributed by atoms with Gasteiger partial charge in [-0.05, 0) is 42.3 Å². The standard InChI is InChI=1S/C12H17N/c1-9(8-13)11-7-6-10-4-2-3-5-12(10)11/h2-5,9,11H,6-8,13H2,1H3/t9-,11?/m1/s1. The van der Waals surface area contributed by atoms with Crippen molar-refractivity contribution >= 4 is 0 Å². The van der Waals surface area contributed by atoms with E-state index in [4.69, 9.17) is 5.73 Å². The van der Waals surface area contributed by atoms with Gasteiger partial charge in [-0.25, -0.2) is 0 Å². The highest BCUT2D eigenvalue weighted by Gasteiger charge is 2.25. The van der Waals surface area contributed by atoms with Crippen LogP contribution in [0.2, 0.25) is 0 Å². The van der Waals surface area contributed by atoms with Gasteiger partial charge in [0.1, 0.15) is 0 Å². The molecule has 2 N–H and O–H groups in total. The summed E-state index contributed by atoms with van der Waals surface area (Å²) in [5.74, 6) is 1.34. The third-order valence-corrected chi connectivity index (χ3v) is 3.24. The Kier molecular flexibility index (Phi) is 2.36. The van der Waals surface area contributed by atoms with Gasteiger partial charge in [0, 0.05) is 0 Å². The highest BCUT2D eigenvalue weighted by Crippen LogP contribution is 2.37. The fraction of sp³-hybridized carbons (Fsp3) is 0.500. The van der Waals surface area contributed by atoms with Crippen molar-refractivity contribution in [2.24, 2.45) is 11.7 Å². The molecule has 0 bridgehead atoms. The molecule has 13 heavy (non-hydrogen) atoms. The molecule has 0 saturated carbocycles. The summed E-state index contributed by atoms with van der Waals surface area (Å²) < 4.78 is 0. The molecule has 1 nitrogen and oxygen atoms in total. The highest BCUT2D eigenvalue weighted by molar-refractivity contribution is 5.35. The zero-order valence-electron chi connectivity index (χ0n) is 8.16. The Bertz CT molecular complexity index is 293. The Labute approximate surface area is 80.0 Å². The van der Waals surface area contributed by atoms with Gasteiger partial charge in [-0.2, -0.15) is 0 Å². The third-order valence-electron chi connectivity index (χ3n) is 3.24. The number of rotatable bonds is 2. The number of fused-ring (bicyclic) bond motifs is 1. The molecule has 70 valence electrons. The van der Waals surface area contributed by atoms with Gasteiger partial charge in [0.15, 0.2) is 0 Å². The second kappa shape index (κ2) is 3.51. The fourth-order valence-corrected chi connectivity index (χ4v) is 2.35. The van der Waals surface area contributed by atoms with Crippen molar-refractivity contribution in [3.8, 4) is 0 Å². The molecule has 1 aliphatic carbocycles. The van der Waals surface area contributed by atoms with E-state index in [1.165, 1.54) is 18.4 Å². The molecule has 1 aromatic carbocycles. The van der Waals surface area contributed by atoms with Gasteiger partial charge < -0.3 is 5.73 Å². The van der Waals surface area contributed by atoms with Crippen LogP contribution in [-0.2, 0) is 6.42 Å². The first-order valence-electron chi connectivity index (χ1n) is 5.11. The van der Waals surface area contributed by atoms with Crippen molar-refractivity contribution in [3.05, 3.63) is 35.4 Å².